The first-order chi connectivity index (χ1) is 16.2. The summed E-state index contributed by atoms with van der Waals surface area (Å²) in [5, 5.41) is 3.95. The highest BCUT2D eigenvalue weighted by Crippen LogP contribution is 2.31. The number of pyridine rings is 1. The summed E-state index contributed by atoms with van der Waals surface area (Å²) in [7, 11) is -4.61. The first-order valence-electron chi connectivity index (χ1n) is 10.4. The molecule has 0 bridgehead atoms. The van der Waals surface area contributed by atoms with Crippen LogP contribution in [0.3, 0.4) is 0 Å². The normalized spacial score (nSPS) is 15.2. The van der Waals surface area contributed by atoms with Crippen molar-refractivity contribution in [3.63, 3.8) is 0 Å². The van der Waals surface area contributed by atoms with Crippen molar-refractivity contribution in [1.82, 2.24) is 23.8 Å². The molecule has 1 aliphatic heterocycles. The number of sulfonamides is 1. The maximum Gasteiger partial charge on any atom is 0.350 e. The van der Waals surface area contributed by atoms with Gasteiger partial charge in [-0.3, -0.25) is 9.20 Å². The summed E-state index contributed by atoms with van der Waals surface area (Å²) in [5.41, 5.74) is 3.50. The average molecular weight is 487 g/mol. The van der Waals surface area contributed by atoms with E-state index in [1.807, 2.05) is 31.2 Å². The quantitative estimate of drug-likeness (QED) is 0.369. The van der Waals surface area contributed by atoms with E-state index in [2.05, 4.69) is 15.1 Å². The van der Waals surface area contributed by atoms with Gasteiger partial charge in [-0.15, -0.1) is 0 Å². The number of ketones is 1. The van der Waals surface area contributed by atoms with Crippen LogP contribution >= 0.6 is 0 Å². The third-order valence-electron chi connectivity index (χ3n) is 5.89. The van der Waals surface area contributed by atoms with Crippen LogP contribution in [0.4, 0.5) is 8.78 Å². The molecule has 1 aromatic carbocycles. The van der Waals surface area contributed by atoms with Crippen molar-refractivity contribution in [2.24, 2.45) is 0 Å². The summed E-state index contributed by atoms with van der Waals surface area (Å²) in [6.07, 6.45) is 3.49. The highest BCUT2D eigenvalue weighted by atomic mass is 32.2. The highest BCUT2D eigenvalue weighted by molar-refractivity contribution is 7.89. The Morgan fingerprint density at radius 2 is 2.03 bits per heavy atom. The van der Waals surface area contributed by atoms with Crippen molar-refractivity contribution in [2.45, 2.75) is 25.0 Å². The second kappa shape index (κ2) is 8.37. The standard InChI is InChI=1S/C22H19F2N5O4S/c1-13-5-6-14(8-15(13)9-18(30)17-10-25-19-4-2-3-7-29(17)19)20-26-21(33-27-20)16-11-28(12-16)34(31,32)22(23)24/h2-8,10,16,22H,9,11-12H2,1H3. The summed E-state index contributed by atoms with van der Waals surface area (Å²) in [6.45, 7) is 1.62. The molecular formula is C22H19F2N5O4S. The van der Waals surface area contributed by atoms with E-state index < -0.39 is 21.7 Å². The number of halogens is 2. The monoisotopic (exact) mass is 487 g/mol. The zero-order chi connectivity index (χ0) is 24.0. The van der Waals surface area contributed by atoms with E-state index in [0.29, 0.717) is 21.2 Å². The van der Waals surface area contributed by atoms with Gasteiger partial charge in [0.25, 0.3) is 10.0 Å². The van der Waals surface area contributed by atoms with E-state index in [-0.39, 0.29) is 37.0 Å². The minimum atomic E-state index is -4.61. The smallest absolute Gasteiger partial charge is 0.339 e. The van der Waals surface area contributed by atoms with Crippen molar-refractivity contribution < 1.29 is 26.5 Å². The van der Waals surface area contributed by atoms with Gasteiger partial charge in [-0.05, 0) is 36.2 Å². The number of benzene rings is 1. The Kier molecular flexibility index (Phi) is 5.48. The lowest BCUT2D eigenvalue weighted by molar-refractivity contribution is 0.0987. The second-order valence-corrected chi connectivity index (χ2v) is 9.99. The molecule has 0 unspecified atom stereocenters. The van der Waals surface area contributed by atoms with Crippen LogP contribution in [-0.4, -0.2) is 56.9 Å². The molecule has 0 aliphatic carbocycles. The van der Waals surface area contributed by atoms with Gasteiger partial charge in [-0.2, -0.15) is 18.1 Å². The molecule has 3 aromatic heterocycles. The van der Waals surface area contributed by atoms with Crippen LogP contribution in [0.1, 0.15) is 33.4 Å². The van der Waals surface area contributed by atoms with E-state index in [1.54, 1.807) is 28.9 Å². The van der Waals surface area contributed by atoms with Crippen molar-refractivity contribution in [3.8, 4) is 11.4 Å². The van der Waals surface area contributed by atoms with E-state index in [1.165, 1.54) is 0 Å². The van der Waals surface area contributed by atoms with Gasteiger partial charge in [0, 0.05) is 31.3 Å². The van der Waals surface area contributed by atoms with Crippen LogP contribution in [0.15, 0.2) is 53.3 Å². The molecule has 0 atom stereocenters. The van der Waals surface area contributed by atoms with E-state index in [9.17, 15) is 22.0 Å². The van der Waals surface area contributed by atoms with Crippen LogP contribution in [0.25, 0.3) is 17.0 Å². The van der Waals surface area contributed by atoms with E-state index >= 15 is 0 Å². The van der Waals surface area contributed by atoms with Gasteiger partial charge < -0.3 is 4.52 Å². The first-order valence-corrected chi connectivity index (χ1v) is 11.9. The minimum absolute atomic E-state index is 0.0949. The Morgan fingerprint density at radius 1 is 1.24 bits per heavy atom. The Balaban J connectivity index is 1.33. The van der Waals surface area contributed by atoms with Gasteiger partial charge in [-0.25, -0.2) is 13.4 Å². The maximum atomic E-state index is 13.0. The van der Waals surface area contributed by atoms with Crippen LogP contribution < -0.4 is 0 Å². The van der Waals surface area contributed by atoms with E-state index in [4.69, 9.17) is 4.52 Å². The highest BCUT2D eigenvalue weighted by Gasteiger charge is 2.43. The van der Waals surface area contributed by atoms with Crippen LogP contribution in [0, 0.1) is 6.92 Å². The fourth-order valence-electron chi connectivity index (χ4n) is 3.84. The van der Waals surface area contributed by atoms with Gasteiger partial charge >= 0.3 is 5.76 Å². The van der Waals surface area contributed by atoms with Crippen molar-refractivity contribution in [1.29, 1.82) is 0 Å². The lowest BCUT2D eigenvalue weighted by Gasteiger charge is -2.35. The largest absolute Gasteiger partial charge is 0.350 e. The minimum Gasteiger partial charge on any atom is -0.339 e. The third kappa shape index (κ3) is 3.88. The topological polar surface area (TPSA) is 111 Å². The molecule has 0 saturated carbocycles. The SMILES string of the molecule is Cc1ccc(-c2noc(C3CN(S(=O)(=O)C(F)F)C3)n2)cc1CC(=O)c1cnc2ccccn12. The first kappa shape index (κ1) is 22.3. The van der Waals surface area contributed by atoms with Crippen molar-refractivity contribution in [3.05, 3.63) is 71.5 Å². The lowest BCUT2D eigenvalue weighted by Crippen LogP contribution is -2.50. The van der Waals surface area contributed by atoms with Crippen LogP contribution in [0.2, 0.25) is 0 Å². The number of rotatable bonds is 7. The van der Waals surface area contributed by atoms with Gasteiger partial charge in [0.2, 0.25) is 11.7 Å². The number of hydrogen-bond donors (Lipinski definition) is 0. The van der Waals surface area contributed by atoms with Gasteiger partial charge in [0.1, 0.15) is 11.3 Å². The zero-order valence-corrected chi connectivity index (χ0v) is 18.7. The number of aryl methyl sites for hydroxylation is 1. The summed E-state index contributed by atoms with van der Waals surface area (Å²) in [4.78, 5) is 21.5. The molecular weight excluding hydrogens is 468 g/mol. The Bertz CT molecular complexity index is 1490. The van der Waals surface area contributed by atoms with Gasteiger partial charge in [0.05, 0.1) is 12.1 Å². The number of fused-ring (bicyclic) bond motifs is 1. The summed E-state index contributed by atoms with van der Waals surface area (Å²) < 4.78 is 56.0. The Morgan fingerprint density at radius 3 is 2.79 bits per heavy atom. The Hall–Kier alpha value is -3.51. The summed E-state index contributed by atoms with van der Waals surface area (Å²) in [5.74, 6) is -3.55. The third-order valence-corrected chi connectivity index (χ3v) is 7.35. The molecule has 0 radical (unpaired) electrons. The van der Waals surface area contributed by atoms with Crippen LogP contribution in [0.5, 0.6) is 0 Å². The molecule has 4 heterocycles. The van der Waals surface area contributed by atoms with Gasteiger partial charge in [-0.1, -0.05) is 23.4 Å². The fourth-order valence-corrected chi connectivity index (χ4v) is 4.84. The van der Waals surface area contributed by atoms with Crippen LogP contribution in [-0.2, 0) is 16.4 Å². The molecule has 9 nitrogen and oxygen atoms in total. The number of hydrogen-bond acceptors (Lipinski definition) is 7. The number of carbonyl (C=O) groups excluding carboxylic acids is 1. The molecule has 1 fully saturated rings. The van der Waals surface area contributed by atoms with Gasteiger partial charge in [0.15, 0.2) is 5.78 Å². The molecule has 4 aromatic rings. The van der Waals surface area contributed by atoms with Crippen molar-refractivity contribution in [2.75, 3.05) is 13.1 Å². The number of nitrogens with zero attached hydrogens (tertiary/aromatic N) is 5. The maximum absolute atomic E-state index is 13.0. The predicted molar refractivity (Wildman–Crippen MR) is 117 cm³/mol. The number of alkyl halides is 2. The predicted octanol–water partition coefficient (Wildman–Crippen LogP) is 3.07. The second-order valence-electron chi connectivity index (χ2n) is 8.09. The molecule has 5 rings (SSSR count). The lowest BCUT2D eigenvalue weighted by atomic mass is 9.99. The summed E-state index contributed by atoms with van der Waals surface area (Å²) >= 11 is 0. The molecule has 176 valence electrons. The number of aromatic nitrogens is 4. The molecule has 0 N–H and O–H groups in total. The molecule has 0 amide bonds. The molecule has 1 aliphatic rings. The number of Topliss-reactive ketones (excluding diaryl/α,β-unsaturated/α-hetero) is 1. The number of carbonyl (C=O) groups is 1. The molecule has 0 spiro atoms. The van der Waals surface area contributed by atoms with E-state index in [0.717, 1.165) is 11.1 Å². The fraction of sp³-hybridized carbons (Fsp3) is 0.273. The average Bonchev–Trinajstić information content (AvgIpc) is 3.41. The van der Waals surface area contributed by atoms with Crippen molar-refractivity contribution >= 4 is 21.5 Å². The molecule has 12 heteroatoms. The molecule has 34 heavy (non-hydrogen) atoms. The molecule has 1 saturated heterocycles. The zero-order valence-electron chi connectivity index (χ0n) is 17.9. The Labute approximate surface area is 193 Å². The summed E-state index contributed by atoms with van der Waals surface area (Å²) in [6, 6.07) is 10.9. The number of imidazole rings is 1.